The molecule has 0 spiro atoms. The Hall–Kier alpha value is -1.10. The number of nitrogens with zero attached hydrogens (tertiary/aromatic N) is 1. The van der Waals surface area contributed by atoms with Crippen molar-refractivity contribution in [2.75, 3.05) is 26.2 Å². The van der Waals surface area contributed by atoms with Crippen LogP contribution in [0.25, 0.3) is 0 Å². The van der Waals surface area contributed by atoms with Crippen LogP contribution in [0.5, 0.6) is 0 Å². The van der Waals surface area contributed by atoms with E-state index in [9.17, 15) is 0 Å². The van der Waals surface area contributed by atoms with Crippen LogP contribution < -0.4 is 11.1 Å². The highest BCUT2D eigenvalue weighted by Gasteiger charge is 2.35. The fourth-order valence-electron chi connectivity index (χ4n) is 3.93. The van der Waals surface area contributed by atoms with Gasteiger partial charge in [0.1, 0.15) is 0 Å². The Morgan fingerprint density at radius 2 is 1.83 bits per heavy atom. The van der Waals surface area contributed by atoms with Crippen molar-refractivity contribution in [1.29, 1.82) is 0 Å². The molecule has 4 rings (SSSR count). The van der Waals surface area contributed by atoms with Gasteiger partial charge in [-0.1, -0.05) is 48.5 Å². The molecule has 2 aromatic rings. The van der Waals surface area contributed by atoms with Crippen molar-refractivity contribution in [2.45, 2.75) is 18.5 Å². The Balaban J connectivity index is 0.00000104. The second-order valence-corrected chi connectivity index (χ2v) is 6.35. The quantitative estimate of drug-likeness (QED) is 0.858. The number of nitrogens with one attached hydrogen (secondary N) is 1. The first-order valence-electron chi connectivity index (χ1n) is 8.19. The van der Waals surface area contributed by atoms with Crippen LogP contribution in [0.1, 0.15) is 34.2 Å². The van der Waals surface area contributed by atoms with Crippen LogP contribution in [-0.4, -0.2) is 31.1 Å². The van der Waals surface area contributed by atoms with E-state index in [1.54, 1.807) is 0 Å². The lowest BCUT2D eigenvalue weighted by atomic mass is 9.80. The van der Waals surface area contributed by atoms with Gasteiger partial charge < -0.3 is 11.1 Å². The minimum atomic E-state index is 0. The Kier molecular flexibility index (Phi) is 6.67. The maximum Gasteiger partial charge on any atom is 0.0476 e. The van der Waals surface area contributed by atoms with Gasteiger partial charge in [0.15, 0.2) is 0 Å². The van der Waals surface area contributed by atoms with Crippen LogP contribution in [0.4, 0.5) is 0 Å². The highest BCUT2D eigenvalue weighted by molar-refractivity contribution is 5.85. The van der Waals surface area contributed by atoms with Crippen LogP contribution in [0.2, 0.25) is 0 Å². The smallest absolute Gasteiger partial charge is 0.0476 e. The first-order valence-corrected chi connectivity index (χ1v) is 8.19. The van der Waals surface area contributed by atoms with E-state index >= 15 is 0 Å². The molecule has 2 heterocycles. The third-order valence-corrected chi connectivity index (χ3v) is 5.09. The molecular formula is C19H25Cl2N3. The van der Waals surface area contributed by atoms with Crippen molar-refractivity contribution in [2.24, 2.45) is 5.73 Å². The zero-order chi connectivity index (χ0) is 14.9. The second kappa shape index (κ2) is 8.32. The van der Waals surface area contributed by atoms with Crippen LogP contribution in [-0.2, 0) is 6.54 Å². The standard InChI is InChI=1S/C19H23N3.2ClH/c20-11-14-6-7-16-17(10-14)19-12-21-8-9-22(19)13-18(16)15-4-2-1-3-5-15;;/h1-7,10,18-19,21H,8-9,11-13,20H2;2*1H/t18-,19+;;/m0../s1. The number of halogens is 2. The number of piperazine rings is 1. The molecule has 2 aliphatic heterocycles. The van der Waals surface area contributed by atoms with E-state index in [-0.39, 0.29) is 24.8 Å². The van der Waals surface area contributed by atoms with Crippen LogP contribution in [0, 0.1) is 0 Å². The van der Waals surface area contributed by atoms with Crippen molar-refractivity contribution in [3.63, 3.8) is 0 Å². The number of rotatable bonds is 2. The maximum absolute atomic E-state index is 5.87. The van der Waals surface area contributed by atoms with E-state index in [2.05, 4.69) is 58.7 Å². The SMILES string of the molecule is Cl.Cl.NCc1ccc2c(c1)[C@H]1CNCCN1C[C@H]2c1ccccc1. The molecule has 1 fully saturated rings. The molecule has 2 aliphatic rings. The normalized spacial score (nSPS) is 22.5. The summed E-state index contributed by atoms with van der Waals surface area (Å²) in [5.41, 5.74) is 11.5. The molecule has 0 bridgehead atoms. The van der Waals surface area contributed by atoms with Crippen molar-refractivity contribution >= 4 is 24.8 Å². The van der Waals surface area contributed by atoms with Gasteiger partial charge in [-0.05, 0) is 22.3 Å². The van der Waals surface area contributed by atoms with E-state index in [4.69, 9.17) is 5.73 Å². The number of nitrogens with two attached hydrogens (primary N) is 1. The number of hydrogen-bond acceptors (Lipinski definition) is 3. The Bertz CT molecular complexity index is 663. The summed E-state index contributed by atoms with van der Waals surface area (Å²) in [4.78, 5) is 2.64. The highest BCUT2D eigenvalue weighted by atomic mass is 35.5. The number of benzene rings is 2. The Morgan fingerprint density at radius 1 is 1.04 bits per heavy atom. The van der Waals surface area contributed by atoms with Gasteiger partial charge in [-0.15, -0.1) is 24.8 Å². The molecule has 0 unspecified atom stereocenters. The van der Waals surface area contributed by atoms with Crippen molar-refractivity contribution in [3.8, 4) is 0 Å². The summed E-state index contributed by atoms with van der Waals surface area (Å²) in [6, 6.07) is 18.2. The van der Waals surface area contributed by atoms with Gasteiger partial charge in [-0.2, -0.15) is 0 Å². The summed E-state index contributed by atoms with van der Waals surface area (Å²) in [6.45, 7) is 4.99. The summed E-state index contributed by atoms with van der Waals surface area (Å²) < 4.78 is 0. The largest absolute Gasteiger partial charge is 0.326 e. The first kappa shape index (κ1) is 19.2. The van der Waals surface area contributed by atoms with E-state index in [1.165, 1.54) is 22.3 Å². The summed E-state index contributed by atoms with van der Waals surface area (Å²) in [6.07, 6.45) is 0. The van der Waals surface area contributed by atoms with E-state index in [0.717, 1.165) is 26.2 Å². The zero-order valence-electron chi connectivity index (χ0n) is 13.7. The Labute approximate surface area is 156 Å². The second-order valence-electron chi connectivity index (χ2n) is 6.35. The average Bonchev–Trinajstić information content (AvgIpc) is 2.61. The molecule has 0 amide bonds. The maximum atomic E-state index is 5.87. The third kappa shape index (κ3) is 3.46. The molecule has 0 radical (unpaired) electrons. The molecule has 24 heavy (non-hydrogen) atoms. The van der Waals surface area contributed by atoms with E-state index in [1.807, 2.05) is 0 Å². The first-order chi connectivity index (χ1) is 10.9. The minimum absolute atomic E-state index is 0. The highest BCUT2D eigenvalue weighted by Crippen LogP contribution is 2.40. The van der Waals surface area contributed by atoms with Crippen molar-refractivity contribution in [3.05, 3.63) is 70.8 Å². The van der Waals surface area contributed by atoms with Crippen LogP contribution in [0.15, 0.2) is 48.5 Å². The van der Waals surface area contributed by atoms with Gasteiger partial charge in [0.2, 0.25) is 0 Å². The lowest BCUT2D eigenvalue weighted by Gasteiger charge is -2.44. The van der Waals surface area contributed by atoms with Crippen LogP contribution >= 0.6 is 24.8 Å². The van der Waals surface area contributed by atoms with Crippen LogP contribution in [0.3, 0.4) is 0 Å². The molecule has 1 saturated heterocycles. The van der Waals surface area contributed by atoms with Gasteiger partial charge in [0.25, 0.3) is 0 Å². The van der Waals surface area contributed by atoms with E-state index < -0.39 is 0 Å². The summed E-state index contributed by atoms with van der Waals surface area (Å²) in [5.74, 6) is 0.470. The number of hydrogen-bond donors (Lipinski definition) is 2. The summed E-state index contributed by atoms with van der Waals surface area (Å²) in [5, 5.41) is 3.54. The number of fused-ring (bicyclic) bond motifs is 3. The Morgan fingerprint density at radius 3 is 2.58 bits per heavy atom. The molecule has 3 N–H and O–H groups in total. The molecule has 0 aliphatic carbocycles. The van der Waals surface area contributed by atoms with Gasteiger partial charge >= 0.3 is 0 Å². The molecule has 5 heteroatoms. The predicted molar refractivity (Wildman–Crippen MR) is 104 cm³/mol. The van der Waals surface area contributed by atoms with Gasteiger partial charge in [-0.3, -0.25) is 4.90 Å². The molecule has 2 atom stereocenters. The average molecular weight is 366 g/mol. The molecule has 130 valence electrons. The fraction of sp³-hybridized carbons (Fsp3) is 0.368. The molecular weight excluding hydrogens is 341 g/mol. The lowest BCUT2D eigenvalue weighted by molar-refractivity contribution is 0.143. The minimum Gasteiger partial charge on any atom is -0.326 e. The van der Waals surface area contributed by atoms with Gasteiger partial charge in [0.05, 0.1) is 0 Å². The monoisotopic (exact) mass is 365 g/mol. The third-order valence-electron chi connectivity index (χ3n) is 5.09. The summed E-state index contributed by atoms with van der Waals surface area (Å²) >= 11 is 0. The predicted octanol–water partition coefficient (Wildman–Crippen LogP) is 3.08. The zero-order valence-corrected chi connectivity index (χ0v) is 15.3. The summed E-state index contributed by atoms with van der Waals surface area (Å²) in [7, 11) is 0. The van der Waals surface area contributed by atoms with Crippen molar-refractivity contribution < 1.29 is 0 Å². The fourth-order valence-corrected chi connectivity index (χ4v) is 3.93. The van der Waals surface area contributed by atoms with Crippen molar-refractivity contribution in [1.82, 2.24) is 10.2 Å². The van der Waals surface area contributed by atoms with Gasteiger partial charge in [0, 0.05) is 44.7 Å². The molecule has 3 nitrogen and oxygen atoms in total. The van der Waals surface area contributed by atoms with Gasteiger partial charge in [-0.25, -0.2) is 0 Å². The molecule has 0 saturated carbocycles. The molecule has 2 aromatic carbocycles. The molecule has 0 aromatic heterocycles. The topological polar surface area (TPSA) is 41.3 Å². The van der Waals surface area contributed by atoms with E-state index in [0.29, 0.717) is 18.5 Å². The lowest BCUT2D eigenvalue weighted by Crippen LogP contribution is -2.50.